The molecule has 18 heavy (non-hydrogen) atoms. The van der Waals surface area contributed by atoms with Crippen LogP contribution in [0.15, 0.2) is 0 Å². The summed E-state index contributed by atoms with van der Waals surface area (Å²) in [5.41, 5.74) is -2.54. The lowest BCUT2D eigenvalue weighted by molar-refractivity contribution is -0.145. The lowest BCUT2D eigenvalue weighted by atomic mass is 9.68. The summed E-state index contributed by atoms with van der Waals surface area (Å²) in [6.07, 6.45) is -4.29. The fourth-order valence-corrected chi connectivity index (χ4v) is 2.30. The van der Waals surface area contributed by atoms with E-state index in [-0.39, 0.29) is 19.4 Å². The Labute approximate surface area is 105 Å². The van der Waals surface area contributed by atoms with Gasteiger partial charge < -0.3 is 9.84 Å². The fourth-order valence-electron chi connectivity index (χ4n) is 2.30. The molecule has 0 amide bonds. The van der Waals surface area contributed by atoms with Crippen LogP contribution in [0, 0.1) is 16.7 Å². The highest BCUT2D eigenvalue weighted by Gasteiger charge is 2.48. The van der Waals surface area contributed by atoms with Crippen LogP contribution in [0.5, 0.6) is 0 Å². The van der Waals surface area contributed by atoms with Gasteiger partial charge in [0.2, 0.25) is 0 Å². The second-order valence-corrected chi connectivity index (χ2v) is 5.09. The van der Waals surface area contributed by atoms with E-state index in [1.807, 2.05) is 6.07 Å². The number of halogens is 3. The third-order valence-corrected chi connectivity index (χ3v) is 3.61. The molecule has 3 nitrogen and oxygen atoms in total. The van der Waals surface area contributed by atoms with Crippen LogP contribution in [-0.2, 0) is 4.74 Å². The minimum absolute atomic E-state index is 0.0522. The normalized spacial score (nSPS) is 28.4. The number of rotatable bonds is 4. The molecule has 0 radical (unpaired) electrons. The van der Waals surface area contributed by atoms with Crippen molar-refractivity contribution in [2.24, 2.45) is 5.41 Å². The topological polar surface area (TPSA) is 53.2 Å². The van der Waals surface area contributed by atoms with Gasteiger partial charge in [0, 0.05) is 13.0 Å². The molecule has 0 aliphatic carbocycles. The zero-order chi connectivity index (χ0) is 13.9. The quantitative estimate of drug-likeness (QED) is 0.850. The molecule has 1 fully saturated rings. The molecule has 104 valence electrons. The molecule has 1 rings (SSSR count). The molecule has 0 bridgehead atoms. The molecular formula is C12H18F3NO2. The molecule has 1 aliphatic rings. The monoisotopic (exact) mass is 265 g/mol. The highest BCUT2D eigenvalue weighted by molar-refractivity contribution is 5.10. The fraction of sp³-hybridized carbons (Fsp3) is 0.917. The van der Waals surface area contributed by atoms with E-state index in [9.17, 15) is 23.5 Å². The van der Waals surface area contributed by atoms with Gasteiger partial charge in [-0.2, -0.15) is 18.4 Å². The van der Waals surface area contributed by atoms with Gasteiger partial charge >= 0.3 is 6.18 Å². The van der Waals surface area contributed by atoms with Gasteiger partial charge in [0.05, 0.1) is 18.3 Å². The van der Waals surface area contributed by atoms with E-state index >= 15 is 0 Å². The summed E-state index contributed by atoms with van der Waals surface area (Å²) in [4.78, 5) is 0. The Bertz CT molecular complexity index is 314. The Kier molecular flexibility index (Phi) is 4.62. The van der Waals surface area contributed by atoms with Crippen molar-refractivity contribution in [2.45, 2.75) is 50.8 Å². The minimum atomic E-state index is -4.22. The Morgan fingerprint density at radius 1 is 1.39 bits per heavy atom. The van der Waals surface area contributed by atoms with E-state index in [2.05, 4.69) is 0 Å². The Morgan fingerprint density at radius 3 is 2.50 bits per heavy atom. The number of nitrogens with zero attached hydrogens (tertiary/aromatic N) is 1. The van der Waals surface area contributed by atoms with Gasteiger partial charge in [-0.25, -0.2) is 0 Å². The summed E-state index contributed by atoms with van der Waals surface area (Å²) in [5, 5.41) is 19.5. The van der Waals surface area contributed by atoms with Crippen LogP contribution in [0.2, 0.25) is 0 Å². The van der Waals surface area contributed by atoms with Crippen molar-refractivity contribution < 1.29 is 23.0 Å². The largest absolute Gasteiger partial charge is 0.389 e. The molecule has 2 unspecified atom stereocenters. The summed E-state index contributed by atoms with van der Waals surface area (Å²) in [6, 6.07) is 2.05. The summed E-state index contributed by atoms with van der Waals surface area (Å²) in [7, 11) is 0. The van der Waals surface area contributed by atoms with Gasteiger partial charge in [0.1, 0.15) is 5.41 Å². The van der Waals surface area contributed by atoms with Crippen LogP contribution in [-0.4, -0.2) is 30.1 Å². The first kappa shape index (κ1) is 15.3. The average Bonchev–Trinajstić information content (AvgIpc) is 2.27. The number of ether oxygens (including phenoxy) is 1. The van der Waals surface area contributed by atoms with Crippen LogP contribution in [0.3, 0.4) is 0 Å². The highest BCUT2D eigenvalue weighted by atomic mass is 19.4. The molecule has 0 saturated carbocycles. The average molecular weight is 265 g/mol. The Hall–Kier alpha value is -0.800. The predicted molar refractivity (Wildman–Crippen MR) is 58.6 cm³/mol. The first-order valence-electron chi connectivity index (χ1n) is 6.01. The second-order valence-electron chi connectivity index (χ2n) is 5.09. The summed E-state index contributed by atoms with van der Waals surface area (Å²) in [5.74, 6) is 0. The van der Waals surface area contributed by atoms with Gasteiger partial charge in [-0.3, -0.25) is 0 Å². The van der Waals surface area contributed by atoms with Gasteiger partial charge in [0.25, 0.3) is 0 Å². The molecule has 1 heterocycles. The van der Waals surface area contributed by atoms with Crippen molar-refractivity contribution in [1.82, 2.24) is 0 Å². The van der Waals surface area contributed by atoms with Crippen LogP contribution < -0.4 is 0 Å². The lowest BCUT2D eigenvalue weighted by Gasteiger charge is -2.42. The lowest BCUT2D eigenvalue weighted by Crippen LogP contribution is -2.50. The molecule has 0 aromatic heterocycles. The van der Waals surface area contributed by atoms with Crippen LogP contribution >= 0.6 is 0 Å². The molecule has 2 atom stereocenters. The Balaban J connectivity index is 2.63. The maximum Gasteiger partial charge on any atom is 0.389 e. The highest BCUT2D eigenvalue weighted by Crippen LogP contribution is 2.42. The Morgan fingerprint density at radius 2 is 2.06 bits per heavy atom. The van der Waals surface area contributed by atoms with Crippen molar-refractivity contribution in [3.8, 4) is 6.07 Å². The van der Waals surface area contributed by atoms with Gasteiger partial charge in [0.15, 0.2) is 0 Å². The number of hydrogen-bond acceptors (Lipinski definition) is 3. The van der Waals surface area contributed by atoms with Gasteiger partial charge in [-0.1, -0.05) is 0 Å². The predicted octanol–water partition coefficient (Wildman–Crippen LogP) is 2.79. The number of hydrogen-bond donors (Lipinski definition) is 1. The summed E-state index contributed by atoms with van der Waals surface area (Å²) >= 11 is 0. The maximum absolute atomic E-state index is 12.1. The van der Waals surface area contributed by atoms with Crippen LogP contribution in [0.1, 0.15) is 39.0 Å². The first-order chi connectivity index (χ1) is 8.22. The van der Waals surface area contributed by atoms with E-state index in [1.165, 1.54) is 6.92 Å². The van der Waals surface area contributed by atoms with E-state index < -0.39 is 23.6 Å². The number of aliphatic hydroxyl groups is 1. The molecule has 6 heteroatoms. The van der Waals surface area contributed by atoms with Gasteiger partial charge in [-0.05, 0) is 32.6 Å². The van der Waals surface area contributed by atoms with E-state index in [0.717, 1.165) is 0 Å². The van der Waals surface area contributed by atoms with Crippen LogP contribution in [0.25, 0.3) is 0 Å². The van der Waals surface area contributed by atoms with Gasteiger partial charge in [-0.15, -0.1) is 0 Å². The van der Waals surface area contributed by atoms with Crippen molar-refractivity contribution in [1.29, 1.82) is 5.26 Å². The van der Waals surface area contributed by atoms with Crippen molar-refractivity contribution >= 4 is 0 Å². The zero-order valence-electron chi connectivity index (χ0n) is 10.4. The van der Waals surface area contributed by atoms with E-state index in [0.29, 0.717) is 19.4 Å². The molecule has 0 aromatic carbocycles. The zero-order valence-corrected chi connectivity index (χ0v) is 10.4. The molecule has 0 aromatic rings. The summed E-state index contributed by atoms with van der Waals surface area (Å²) in [6.45, 7) is 2.05. The molecule has 1 aliphatic heterocycles. The third kappa shape index (κ3) is 3.59. The second kappa shape index (κ2) is 5.45. The van der Waals surface area contributed by atoms with E-state index in [1.54, 1.807) is 0 Å². The molecule has 1 saturated heterocycles. The number of nitriles is 1. The number of alkyl halides is 3. The van der Waals surface area contributed by atoms with Crippen molar-refractivity contribution in [2.75, 3.05) is 13.2 Å². The smallest absolute Gasteiger partial charge is 0.388 e. The van der Waals surface area contributed by atoms with E-state index in [4.69, 9.17) is 4.74 Å². The molecular weight excluding hydrogens is 247 g/mol. The van der Waals surface area contributed by atoms with Crippen LogP contribution in [0.4, 0.5) is 13.2 Å². The maximum atomic E-state index is 12.1. The standard InChI is InChI=1S/C12H18F3NO2/c1-10(17,4-2-6-12(13,14)15)11(8-16)5-3-7-18-9-11/h17H,2-7,9H2,1H3. The SMILES string of the molecule is CC(O)(CCCC(F)(F)F)C1(C#N)CCCOC1. The van der Waals surface area contributed by atoms with Crippen molar-refractivity contribution in [3.05, 3.63) is 0 Å². The third-order valence-electron chi connectivity index (χ3n) is 3.61. The molecule has 1 N–H and O–H groups in total. The first-order valence-corrected chi connectivity index (χ1v) is 6.01. The van der Waals surface area contributed by atoms with Crippen molar-refractivity contribution in [3.63, 3.8) is 0 Å². The minimum Gasteiger partial charge on any atom is -0.388 e. The molecule has 0 spiro atoms. The summed E-state index contributed by atoms with van der Waals surface area (Å²) < 4.78 is 41.4.